The molecule has 0 aromatic heterocycles. The summed E-state index contributed by atoms with van der Waals surface area (Å²) in [6.07, 6.45) is 2.38. The number of carbonyl (C=O) groups excluding carboxylic acids is 1. The summed E-state index contributed by atoms with van der Waals surface area (Å²) in [6.45, 7) is 6.35. The van der Waals surface area contributed by atoms with Crippen LogP contribution in [0.15, 0.2) is 48.5 Å². The van der Waals surface area contributed by atoms with E-state index in [-0.39, 0.29) is 23.8 Å². The molecule has 2 atom stereocenters. The standard InChI is InChI=1S/C26H34N2O3/c1-19-3-7-21(8-4-19)26(30)22-11-15-28(16-12-22)24-13-14-27(18-25(24)29)17-20-5-9-23(31-2)10-6-20/h3-10,22,24-25,29H,11-18H2,1-2H3. The van der Waals surface area contributed by atoms with Crippen molar-refractivity contribution in [1.82, 2.24) is 9.80 Å². The van der Waals surface area contributed by atoms with Crippen LogP contribution in [0.5, 0.6) is 5.75 Å². The number of carbonyl (C=O) groups is 1. The molecule has 1 N–H and O–H groups in total. The van der Waals surface area contributed by atoms with Crippen molar-refractivity contribution in [2.24, 2.45) is 5.92 Å². The van der Waals surface area contributed by atoms with Gasteiger partial charge in [0.15, 0.2) is 5.78 Å². The molecule has 2 heterocycles. The molecule has 2 aliphatic heterocycles. The van der Waals surface area contributed by atoms with Gasteiger partial charge in [-0.3, -0.25) is 14.6 Å². The van der Waals surface area contributed by atoms with Gasteiger partial charge in [0.2, 0.25) is 0 Å². The summed E-state index contributed by atoms with van der Waals surface area (Å²) in [6, 6.07) is 16.3. The van der Waals surface area contributed by atoms with Crippen LogP contribution in [0.3, 0.4) is 0 Å². The molecule has 2 aliphatic rings. The molecule has 2 aromatic carbocycles. The van der Waals surface area contributed by atoms with Crippen LogP contribution < -0.4 is 4.74 Å². The number of hydrogen-bond acceptors (Lipinski definition) is 5. The highest BCUT2D eigenvalue weighted by atomic mass is 16.5. The van der Waals surface area contributed by atoms with E-state index >= 15 is 0 Å². The average Bonchev–Trinajstić information content (AvgIpc) is 2.80. The maximum absolute atomic E-state index is 12.8. The van der Waals surface area contributed by atoms with Crippen molar-refractivity contribution in [3.8, 4) is 5.75 Å². The number of piperidine rings is 2. The summed E-state index contributed by atoms with van der Waals surface area (Å²) >= 11 is 0. The summed E-state index contributed by atoms with van der Waals surface area (Å²) in [5.41, 5.74) is 3.25. The number of aliphatic hydroxyl groups is 1. The van der Waals surface area contributed by atoms with Crippen LogP contribution in [0.1, 0.15) is 40.7 Å². The highest BCUT2D eigenvalue weighted by Gasteiger charge is 2.35. The molecule has 0 spiro atoms. The Morgan fingerprint density at radius 3 is 2.29 bits per heavy atom. The minimum atomic E-state index is -0.351. The second-order valence-corrected chi connectivity index (χ2v) is 9.05. The molecule has 5 heteroatoms. The van der Waals surface area contributed by atoms with Gasteiger partial charge in [0.25, 0.3) is 0 Å². The lowest BCUT2D eigenvalue weighted by molar-refractivity contribution is -0.0251. The Labute approximate surface area is 185 Å². The summed E-state index contributed by atoms with van der Waals surface area (Å²) in [7, 11) is 1.68. The third-order valence-electron chi connectivity index (χ3n) is 6.90. The van der Waals surface area contributed by atoms with Crippen molar-refractivity contribution in [1.29, 1.82) is 0 Å². The van der Waals surface area contributed by atoms with Gasteiger partial charge in [0.1, 0.15) is 5.75 Å². The zero-order chi connectivity index (χ0) is 21.8. The van der Waals surface area contributed by atoms with Crippen LogP contribution in [0.4, 0.5) is 0 Å². The lowest BCUT2D eigenvalue weighted by atomic mass is 9.87. The quantitative estimate of drug-likeness (QED) is 0.722. The van der Waals surface area contributed by atoms with E-state index in [2.05, 4.69) is 21.9 Å². The molecule has 0 amide bonds. The van der Waals surface area contributed by atoms with E-state index in [1.165, 1.54) is 11.1 Å². The van der Waals surface area contributed by atoms with Gasteiger partial charge in [-0.25, -0.2) is 0 Å². The number of Topliss-reactive ketones (excluding diaryl/α,β-unsaturated/α-hetero) is 1. The first-order chi connectivity index (χ1) is 15.0. The highest BCUT2D eigenvalue weighted by molar-refractivity contribution is 5.97. The Morgan fingerprint density at radius 2 is 1.68 bits per heavy atom. The number of β-amino-alcohol motifs (C(OH)–C–C–N with tert-alkyl or cyclic N) is 1. The zero-order valence-electron chi connectivity index (χ0n) is 18.7. The summed E-state index contributed by atoms with van der Waals surface area (Å²) in [5, 5.41) is 10.9. The van der Waals surface area contributed by atoms with Gasteiger partial charge in [0, 0.05) is 37.2 Å². The summed E-state index contributed by atoms with van der Waals surface area (Å²) in [5.74, 6) is 1.24. The first-order valence-corrected chi connectivity index (χ1v) is 11.4. The molecule has 31 heavy (non-hydrogen) atoms. The Bertz CT molecular complexity index is 857. The normalized spacial score (nSPS) is 23.6. The third kappa shape index (κ3) is 5.35. The molecule has 5 nitrogen and oxygen atoms in total. The summed E-state index contributed by atoms with van der Waals surface area (Å²) < 4.78 is 5.23. The predicted octanol–water partition coefficient (Wildman–Crippen LogP) is 3.53. The van der Waals surface area contributed by atoms with Gasteiger partial charge in [-0.15, -0.1) is 0 Å². The van der Waals surface area contributed by atoms with Crippen LogP contribution in [0.25, 0.3) is 0 Å². The number of benzene rings is 2. The molecule has 4 rings (SSSR count). The molecule has 0 bridgehead atoms. The van der Waals surface area contributed by atoms with Crippen molar-refractivity contribution in [3.63, 3.8) is 0 Å². The number of ether oxygens (including phenoxy) is 1. The SMILES string of the molecule is COc1ccc(CN2CCC(N3CCC(C(=O)c4ccc(C)cc4)CC3)C(O)C2)cc1. The molecule has 2 aromatic rings. The molecule has 2 unspecified atom stereocenters. The molecular formula is C26H34N2O3. The minimum Gasteiger partial charge on any atom is -0.497 e. The van der Waals surface area contributed by atoms with Crippen LogP contribution >= 0.6 is 0 Å². The van der Waals surface area contributed by atoms with Gasteiger partial charge < -0.3 is 9.84 Å². The highest BCUT2D eigenvalue weighted by Crippen LogP contribution is 2.27. The monoisotopic (exact) mass is 422 g/mol. The van der Waals surface area contributed by atoms with E-state index in [1.54, 1.807) is 7.11 Å². The number of likely N-dealkylation sites (tertiary alicyclic amines) is 2. The Hall–Kier alpha value is -2.21. The van der Waals surface area contributed by atoms with Crippen molar-refractivity contribution in [2.45, 2.75) is 44.9 Å². The van der Waals surface area contributed by atoms with E-state index in [0.717, 1.165) is 56.8 Å². The predicted molar refractivity (Wildman–Crippen MR) is 122 cm³/mol. The van der Waals surface area contributed by atoms with E-state index in [9.17, 15) is 9.90 Å². The van der Waals surface area contributed by atoms with E-state index in [0.29, 0.717) is 6.54 Å². The molecule has 0 saturated carbocycles. The number of methoxy groups -OCH3 is 1. The van der Waals surface area contributed by atoms with Gasteiger partial charge >= 0.3 is 0 Å². The van der Waals surface area contributed by atoms with E-state index < -0.39 is 0 Å². The number of rotatable bonds is 6. The number of ketones is 1. The largest absolute Gasteiger partial charge is 0.497 e. The Morgan fingerprint density at radius 1 is 1.00 bits per heavy atom. The lowest BCUT2D eigenvalue weighted by Crippen LogP contribution is -2.55. The average molecular weight is 423 g/mol. The molecule has 0 radical (unpaired) electrons. The molecule has 0 aliphatic carbocycles. The van der Waals surface area contributed by atoms with Gasteiger partial charge in [0.05, 0.1) is 13.2 Å². The van der Waals surface area contributed by atoms with Crippen molar-refractivity contribution in [2.75, 3.05) is 33.3 Å². The second-order valence-electron chi connectivity index (χ2n) is 9.05. The van der Waals surface area contributed by atoms with Crippen molar-refractivity contribution >= 4 is 5.78 Å². The zero-order valence-corrected chi connectivity index (χ0v) is 18.7. The fourth-order valence-corrected chi connectivity index (χ4v) is 4.99. The van der Waals surface area contributed by atoms with Crippen molar-refractivity contribution < 1.29 is 14.6 Å². The first-order valence-electron chi connectivity index (χ1n) is 11.4. The maximum atomic E-state index is 12.8. The first kappa shape index (κ1) is 22.0. The number of hydrogen-bond donors (Lipinski definition) is 1. The van der Waals surface area contributed by atoms with Crippen molar-refractivity contribution in [3.05, 3.63) is 65.2 Å². The molecule has 166 valence electrons. The van der Waals surface area contributed by atoms with Crippen LogP contribution in [0, 0.1) is 12.8 Å². The second kappa shape index (κ2) is 9.94. The van der Waals surface area contributed by atoms with E-state index in [1.807, 2.05) is 43.3 Å². The van der Waals surface area contributed by atoms with Gasteiger partial charge in [-0.2, -0.15) is 0 Å². The fraction of sp³-hybridized carbons (Fsp3) is 0.500. The maximum Gasteiger partial charge on any atom is 0.166 e. The smallest absolute Gasteiger partial charge is 0.166 e. The van der Waals surface area contributed by atoms with Crippen LogP contribution in [-0.2, 0) is 6.54 Å². The lowest BCUT2D eigenvalue weighted by Gasteiger charge is -2.44. The Balaban J connectivity index is 1.26. The minimum absolute atomic E-state index is 0.103. The fourth-order valence-electron chi connectivity index (χ4n) is 4.99. The van der Waals surface area contributed by atoms with Gasteiger partial charge in [-0.05, 0) is 57.0 Å². The molecule has 2 saturated heterocycles. The number of nitrogens with zero attached hydrogens (tertiary/aromatic N) is 2. The molecule has 2 fully saturated rings. The number of aliphatic hydroxyl groups excluding tert-OH is 1. The van der Waals surface area contributed by atoms with E-state index in [4.69, 9.17) is 4.74 Å². The topological polar surface area (TPSA) is 53.0 Å². The Kier molecular flexibility index (Phi) is 7.06. The molecular weight excluding hydrogens is 388 g/mol. The van der Waals surface area contributed by atoms with Crippen LogP contribution in [-0.4, -0.2) is 66.1 Å². The third-order valence-corrected chi connectivity index (χ3v) is 6.90. The summed E-state index contributed by atoms with van der Waals surface area (Å²) in [4.78, 5) is 17.6. The van der Waals surface area contributed by atoms with Gasteiger partial charge in [-0.1, -0.05) is 42.0 Å². The van der Waals surface area contributed by atoms with Crippen LogP contribution in [0.2, 0.25) is 0 Å². The number of aryl methyl sites for hydroxylation is 1.